The summed E-state index contributed by atoms with van der Waals surface area (Å²) in [4.78, 5) is 4.51. The zero-order chi connectivity index (χ0) is 14.5. The third-order valence-corrected chi connectivity index (χ3v) is 4.03. The third-order valence-electron chi connectivity index (χ3n) is 3.67. The van der Waals surface area contributed by atoms with Gasteiger partial charge in [-0.05, 0) is 36.3 Å². The van der Waals surface area contributed by atoms with E-state index in [2.05, 4.69) is 57.6 Å². The maximum Gasteiger partial charge on any atom is 0.175 e. The lowest BCUT2D eigenvalue weighted by atomic mass is 10.1. The molecule has 0 aliphatic carbocycles. The molecule has 0 aromatic heterocycles. The molecule has 1 N–H and O–H groups in total. The first-order valence-electron chi connectivity index (χ1n) is 7.19. The van der Waals surface area contributed by atoms with Crippen LogP contribution in [0.3, 0.4) is 0 Å². The lowest BCUT2D eigenvalue weighted by Crippen LogP contribution is -2.56. The Morgan fingerprint density at radius 3 is 2.33 bits per heavy atom. The van der Waals surface area contributed by atoms with Crippen molar-refractivity contribution in [1.29, 1.82) is 0 Å². The van der Waals surface area contributed by atoms with E-state index in [0.717, 1.165) is 37.1 Å². The molecule has 1 fully saturated rings. The molecule has 21 heavy (non-hydrogen) atoms. The molecule has 1 heterocycles. The van der Waals surface area contributed by atoms with Gasteiger partial charge in [0.05, 0.1) is 13.3 Å². The van der Waals surface area contributed by atoms with Gasteiger partial charge in [-0.1, -0.05) is 48.5 Å². The molecule has 0 spiro atoms. The van der Waals surface area contributed by atoms with E-state index in [1.807, 2.05) is 18.2 Å². The van der Waals surface area contributed by atoms with Gasteiger partial charge in [-0.25, -0.2) is 0 Å². The molecule has 3 rings (SSSR count). The molecule has 0 bridgehead atoms. The Morgan fingerprint density at radius 2 is 1.62 bits per heavy atom. The van der Waals surface area contributed by atoms with E-state index in [-0.39, 0.29) is 0 Å². The quantitative estimate of drug-likeness (QED) is 0.874. The molecule has 3 nitrogen and oxygen atoms in total. The van der Waals surface area contributed by atoms with Crippen LogP contribution in [0.15, 0.2) is 60.7 Å². The van der Waals surface area contributed by atoms with Gasteiger partial charge in [0.25, 0.3) is 0 Å². The van der Waals surface area contributed by atoms with Crippen LogP contribution in [0.25, 0.3) is 0 Å². The van der Waals surface area contributed by atoms with E-state index in [4.69, 9.17) is 12.2 Å². The van der Waals surface area contributed by atoms with Crippen LogP contribution in [-0.2, 0) is 6.42 Å². The SMILES string of the molecule is S=C1NCN(CCc2ccccc2)CN1c1ccccc1. The number of hydrogen-bond acceptors (Lipinski definition) is 2. The molecule has 1 aliphatic heterocycles. The van der Waals surface area contributed by atoms with Crippen LogP contribution in [0, 0.1) is 0 Å². The van der Waals surface area contributed by atoms with Crippen molar-refractivity contribution in [2.24, 2.45) is 0 Å². The van der Waals surface area contributed by atoms with E-state index < -0.39 is 0 Å². The van der Waals surface area contributed by atoms with Gasteiger partial charge in [-0.15, -0.1) is 0 Å². The second-order valence-corrected chi connectivity index (χ2v) is 5.56. The molecule has 0 unspecified atom stereocenters. The normalized spacial score (nSPS) is 15.8. The van der Waals surface area contributed by atoms with Crippen molar-refractivity contribution in [3.05, 3.63) is 66.2 Å². The summed E-state index contributed by atoms with van der Waals surface area (Å²) in [5.74, 6) is 0. The molecule has 0 atom stereocenters. The second-order valence-electron chi connectivity index (χ2n) is 5.18. The monoisotopic (exact) mass is 297 g/mol. The lowest BCUT2D eigenvalue weighted by molar-refractivity contribution is 0.264. The maximum absolute atomic E-state index is 5.43. The highest BCUT2D eigenvalue weighted by molar-refractivity contribution is 7.80. The number of benzene rings is 2. The minimum atomic E-state index is 0.803. The molecule has 0 amide bonds. The molecule has 1 saturated heterocycles. The highest BCUT2D eigenvalue weighted by atomic mass is 32.1. The Labute approximate surface area is 131 Å². The topological polar surface area (TPSA) is 18.5 Å². The van der Waals surface area contributed by atoms with Gasteiger partial charge < -0.3 is 10.2 Å². The van der Waals surface area contributed by atoms with Crippen molar-refractivity contribution < 1.29 is 0 Å². The number of thiocarbonyl (C=S) groups is 1. The van der Waals surface area contributed by atoms with Crippen molar-refractivity contribution in [2.75, 3.05) is 24.8 Å². The van der Waals surface area contributed by atoms with E-state index in [1.165, 1.54) is 5.56 Å². The Morgan fingerprint density at radius 1 is 0.952 bits per heavy atom. The minimum absolute atomic E-state index is 0.803. The van der Waals surface area contributed by atoms with E-state index in [1.54, 1.807) is 0 Å². The Kier molecular flexibility index (Phi) is 4.48. The second kappa shape index (κ2) is 6.70. The predicted octanol–water partition coefficient (Wildman–Crippen LogP) is 2.84. The molecule has 2 aromatic rings. The maximum atomic E-state index is 5.43. The van der Waals surface area contributed by atoms with Crippen LogP contribution < -0.4 is 10.2 Å². The number of nitrogens with zero attached hydrogens (tertiary/aromatic N) is 2. The van der Waals surface area contributed by atoms with Crippen molar-refractivity contribution in [3.63, 3.8) is 0 Å². The zero-order valence-electron chi connectivity index (χ0n) is 11.9. The summed E-state index contributed by atoms with van der Waals surface area (Å²) in [5, 5.41) is 4.10. The summed E-state index contributed by atoms with van der Waals surface area (Å²) in [6, 6.07) is 20.9. The van der Waals surface area contributed by atoms with Gasteiger partial charge >= 0.3 is 0 Å². The van der Waals surface area contributed by atoms with Gasteiger partial charge in [0, 0.05) is 12.2 Å². The van der Waals surface area contributed by atoms with E-state index in [0.29, 0.717) is 0 Å². The minimum Gasteiger partial charge on any atom is -0.349 e. The van der Waals surface area contributed by atoms with Crippen LogP contribution in [0.5, 0.6) is 0 Å². The Bertz CT molecular complexity index is 585. The van der Waals surface area contributed by atoms with Crippen LogP contribution in [0.4, 0.5) is 5.69 Å². The Hall–Kier alpha value is -1.91. The van der Waals surface area contributed by atoms with E-state index in [9.17, 15) is 0 Å². The van der Waals surface area contributed by atoms with Crippen LogP contribution in [0.2, 0.25) is 0 Å². The van der Waals surface area contributed by atoms with Crippen molar-refractivity contribution in [1.82, 2.24) is 10.2 Å². The average Bonchev–Trinajstić information content (AvgIpc) is 2.56. The molecule has 0 saturated carbocycles. The highest BCUT2D eigenvalue weighted by Crippen LogP contribution is 2.16. The first-order chi connectivity index (χ1) is 10.3. The lowest BCUT2D eigenvalue weighted by Gasteiger charge is -2.38. The molecular formula is C17H19N3S. The zero-order valence-corrected chi connectivity index (χ0v) is 12.7. The van der Waals surface area contributed by atoms with Crippen molar-refractivity contribution in [2.45, 2.75) is 6.42 Å². The number of rotatable bonds is 4. The fourth-order valence-electron chi connectivity index (χ4n) is 2.48. The summed E-state index contributed by atoms with van der Waals surface area (Å²) in [6.07, 6.45) is 1.05. The molecule has 4 heteroatoms. The van der Waals surface area contributed by atoms with Crippen LogP contribution in [-0.4, -0.2) is 29.9 Å². The van der Waals surface area contributed by atoms with Gasteiger partial charge in [0.2, 0.25) is 0 Å². The van der Waals surface area contributed by atoms with Gasteiger partial charge in [-0.3, -0.25) is 4.90 Å². The predicted molar refractivity (Wildman–Crippen MR) is 91.2 cm³/mol. The Balaban J connectivity index is 1.62. The summed E-state index contributed by atoms with van der Waals surface area (Å²) >= 11 is 5.43. The summed E-state index contributed by atoms with van der Waals surface area (Å²) in [5.41, 5.74) is 2.51. The smallest absolute Gasteiger partial charge is 0.175 e. The largest absolute Gasteiger partial charge is 0.349 e. The van der Waals surface area contributed by atoms with E-state index >= 15 is 0 Å². The molecular weight excluding hydrogens is 278 g/mol. The fraction of sp³-hybridized carbons (Fsp3) is 0.235. The fourth-order valence-corrected chi connectivity index (χ4v) is 2.71. The van der Waals surface area contributed by atoms with Crippen LogP contribution in [0.1, 0.15) is 5.56 Å². The summed E-state index contributed by atoms with van der Waals surface area (Å²) in [6.45, 7) is 2.67. The van der Waals surface area contributed by atoms with Crippen LogP contribution >= 0.6 is 12.2 Å². The highest BCUT2D eigenvalue weighted by Gasteiger charge is 2.21. The van der Waals surface area contributed by atoms with Crippen molar-refractivity contribution in [3.8, 4) is 0 Å². The molecule has 0 radical (unpaired) electrons. The third kappa shape index (κ3) is 3.60. The molecule has 2 aromatic carbocycles. The number of nitrogens with one attached hydrogen (secondary N) is 1. The van der Waals surface area contributed by atoms with Gasteiger partial charge in [0.15, 0.2) is 5.11 Å². The number of anilines is 1. The first kappa shape index (κ1) is 14.0. The number of hydrogen-bond donors (Lipinski definition) is 1. The molecule has 1 aliphatic rings. The standard InChI is InChI=1S/C17H19N3S/c21-17-18-13-19(12-11-15-7-3-1-4-8-15)14-20(17)16-9-5-2-6-10-16/h1-10H,11-14H2,(H,18,21). The first-order valence-corrected chi connectivity index (χ1v) is 7.60. The summed E-state index contributed by atoms with van der Waals surface area (Å²) < 4.78 is 0. The van der Waals surface area contributed by atoms with Crippen molar-refractivity contribution >= 4 is 23.0 Å². The summed E-state index contributed by atoms with van der Waals surface area (Å²) in [7, 11) is 0. The molecule has 108 valence electrons. The average molecular weight is 297 g/mol. The van der Waals surface area contributed by atoms with Gasteiger partial charge in [0.1, 0.15) is 0 Å². The number of para-hydroxylation sites is 1. The van der Waals surface area contributed by atoms with Gasteiger partial charge in [-0.2, -0.15) is 0 Å².